The fourth-order valence-electron chi connectivity index (χ4n) is 2.58. The van der Waals surface area contributed by atoms with Crippen LogP contribution in [-0.4, -0.2) is 24.2 Å². The van der Waals surface area contributed by atoms with Crippen molar-refractivity contribution in [1.29, 1.82) is 0 Å². The van der Waals surface area contributed by atoms with Gasteiger partial charge in [0.2, 0.25) is 5.91 Å². The van der Waals surface area contributed by atoms with E-state index in [-0.39, 0.29) is 5.91 Å². The second-order valence-electron chi connectivity index (χ2n) is 5.15. The summed E-state index contributed by atoms with van der Waals surface area (Å²) < 4.78 is 1.08. The van der Waals surface area contributed by atoms with Crippen molar-refractivity contribution in [1.82, 2.24) is 5.32 Å². The highest BCUT2D eigenvalue weighted by Gasteiger charge is 2.26. The van der Waals surface area contributed by atoms with Gasteiger partial charge in [-0.1, -0.05) is 22.4 Å². The van der Waals surface area contributed by atoms with Gasteiger partial charge >= 0.3 is 0 Å². The summed E-state index contributed by atoms with van der Waals surface area (Å²) in [5, 5.41) is 3.14. The topological polar surface area (TPSA) is 55.1 Å². The van der Waals surface area contributed by atoms with Gasteiger partial charge in [-0.3, -0.25) is 4.79 Å². The smallest absolute Gasteiger partial charge is 0.221 e. The molecule has 0 heterocycles. The molecular formula is C15H21BrN2OS. The number of halogens is 1. The van der Waals surface area contributed by atoms with Gasteiger partial charge in [0.1, 0.15) is 0 Å². The van der Waals surface area contributed by atoms with E-state index >= 15 is 0 Å². The van der Waals surface area contributed by atoms with E-state index in [4.69, 9.17) is 5.73 Å². The summed E-state index contributed by atoms with van der Waals surface area (Å²) in [5.74, 6) is 1.44. The minimum absolute atomic E-state index is 0.153. The highest BCUT2D eigenvalue weighted by Crippen LogP contribution is 2.25. The maximum Gasteiger partial charge on any atom is 0.221 e. The molecular weight excluding hydrogens is 336 g/mol. The van der Waals surface area contributed by atoms with E-state index in [0.29, 0.717) is 24.9 Å². The van der Waals surface area contributed by atoms with Crippen LogP contribution in [0.1, 0.15) is 25.7 Å². The molecule has 1 saturated carbocycles. The molecule has 5 heteroatoms. The van der Waals surface area contributed by atoms with Crippen molar-refractivity contribution in [3.8, 4) is 0 Å². The monoisotopic (exact) mass is 356 g/mol. The highest BCUT2D eigenvalue weighted by molar-refractivity contribution is 9.10. The summed E-state index contributed by atoms with van der Waals surface area (Å²) >= 11 is 5.13. The number of amides is 1. The zero-order chi connectivity index (χ0) is 14.4. The molecule has 1 amide bonds. The number of nitrogens with two attached hydrogens (primary N) is 1. The van der Waals surface area contributed by atoms with Crippen molar-refractivity contribution < 1.29 is 4.79 Å². The third-order valence-electron chi connectivity index (χ3n) is 3.72. The number of rotatable bonds is 6. The molecule has 1 aliphatic carbocycles. The molecule has 3 N–H and O–H groups in total. The Bertz CT molecular complexity index is 438. The Hall–Kier alpha value is -0.520. The number of carbonyl (C=O) groups excluding carboxylic acids is 1. The first-order chi connectivity index (χ1) is 9.69. The second kappa shape index (κ2) is 8.05. The molecule has 1 aromatic carbocycles. The zero-order valence-corrected chi connectivity index (χ0v) is 13.9. The lowest BCUT2D eigenvalue weighted by Crippen LogP contribution is -2.39. The molecule has 3 nitrogen and oxygen atoms in total. The van der Waals surface area contributed by atoms with Gasteiger partial charge in [0, 0.05) is 27.6 Å². The molecule has 1 aromatic rings. The molecule has 0 aliphatic heterocycles. The Morgan fingerprint density at radius 1 is 1.35 bits per heavy atom. The third-order valence-corrected chi connectivity index (χ3v) is 5.26. The Balaban J connectivity index is 1.68. The molecule has 1 fully saturated rings. The van der Waals surface area contributed by atoms with Gasteiger partial charge in [-0.25, -0.2) is 0 Å². The van der Waals surface area contributed by atoms with Gasteiger partial charge in [-0.05, 0) is 49.6 Å². The lowest BCUT2D eigenvalue weighted by atomic mass is 10.0. The largest absolute Gasteiger partial charge is 0.353 e. The van der Waals surface area contributed by atoms with Crippen LogP contribution in [0.3, 0.4) is 0 Å². The number of benzene rings is 1. The maximum atomic E-state index is 11.9. The van der Waals surface area contributed by atoms with Crippen molar-refractivity contribution >= 4 is 33.6 Å². The molecule has 2 atom stereocenters. The molecule has 0 bridgehead atoms. The lowest BCUT2D eigenvalue weighted by molar-refractivity contribution is -0.121. The van der Waals surface area contributed by atoms with Crippen LogP contribution in [0, 0.1) is 5.92 Å². The van der Waals surface area contributed by atoms with E-state index in [9.17, 15) is 4.79 Å². The predicted molar refractivity (Wildman–Crippen MR) is 87.8 cm³/mol. The Labute approximate surface area is 133 Å². The molecule has 2 unspecified atom stereocenters. The second-order valence-corrected chi connectivity index (χ2v) is 7.24. The van der Waals surface area contributed by atoms with Crippen LogP contribution in [0.15, 0.2) is 33.6 Å². The van der Waals surface area contributed by atoms with Crippen LogP contribution in [0.4, 0.5) is 0 Å². The minimum atomic E-state index is 0.153. The summed E-state index contributed by atoms with van der Waals surface area (Å²) in [7, 11) is 0. The predicted octanol–water partition coefficient (Wildman–Crippen LogP) is 3.17. The quantitative estimate of drug-likeness (QED) is 0.769. The summed E-state index contributed by atoms with van der Waals surface area (Å²) in [6.07, 6.45) is 3.97. The fourth-order valence-corrected chi connectivity index (χ4v) is 3.70. The van der Waals surface area contributed by atoms with E-state index in [1.165, 1.54) is 11.3 Å². The van der Waals surface area contributed by atoms with E-state index in [0.717, 1.165) is 23.1 Å². The first-order valence-corrected chi connectivity index (χ1v) is 8.84. The number of hydrogen-bond donors (Lipinski definition) is 2. The molecule has 0 spiro atoms. The zero-order valence-electron chi connectivity index (χ0n) is 11.5. The third kappa shape index (κ3) is 4.79. The minimum Gasteiger partial charge on any atom is -0.353 e. The van der Waals surface area contributed by atoms with E-state index in [1.807, 2.05) is 12.1 Å². The SMILES string of the molecule is NCC1CCCC1NC(=O)CCSc1ccc(Br)cc1. The van der Waals surface area contributed by atoms with Gasteiger partial charge in [0.05, 0.1) is 0 Å². The first kappa shape index (κ1) is 15.9. The van der Waals surface area contributed by atoms with Crippen LogP contribution < -0.4 is 11.1 Å². The van der Waals surface area contributed by atoms with Crippen molar-refractivity contribution in [2.24, 2.45) is 11.7 Å². The number of carbonyl (C=O) groups is 1. The van der Waals surface area contributed by atoms with Crippen LogP contribution in [0.25, 0.3) is 0 Å². The standard InChI is InChI=1S/C15H21BrN2OS/c16-12-4-6-13(7-5-12)20-9-8-15(19)18-14-3-1-2-11(14)10-17/h4-7,11,14H,1-3,8-10,17H2,(H,18,19). The van der Waals surface area contributed by atoms with Crippen molar-refractivity contribution in [2.45, 2.75) is 36.6 Å². The van der Waals surface area contributed by atoms with Crippen LogP contribution >= 0.6 is 27.7 Å². The molecule has 0 radical (unpaired) electrons. The average molecular weight is 357 g/mol. The van der Waals surface area contributed by atoms with Crippen molar-refractivity contribution in [3.05, 3.63) is 28.7 Å². The normalized spacial score (nSPS) is 21.9. The molecule has 1 aliphatic rings. The fraction of sp³-hybridized carbons (Fsp3) is 0.533. The Morgan fingerprint density at radius 2 is 2.10 bits per heavy atom. The summed E-state index contributed by atoms with van der Waals surface area (Å²) in [6, 6.07) is 8.46. The van der Waals surface area contributed by atoms with Gasteiger partial charge in [0.25, 0.3) is 0 Å². The van der Waals surface area contributed by atoms with Gasteiger partial charge in [-0.15, -0.1) is 11.8 Å². The van der Waals surface area contributed by atoms with Gasteiger partial charge < -0.3 is 11.1 Å². The van der Waals surface area contributed by atoms with E-state index in [1.54, 1.807) is 11.8 Å². The summed E-state index contributed by atoms with van der Waals surface area (Å²) in [5.41, 5.74) is 5.73. The Morgan fingerprint density at radius 3 is 2.80 bits per heavy atom. The van der Waals surface area contributed by atoms with Gasteiger partial charge in [-0.2, -0.15) is 0 Å². The summed E-state index contributed by atoms with van der Waals surface area (Å²) in [6.45, 7) is 0.679. The molecule has 110 valence electrons. The molecule has 0 saturated heterocycles. The maximum absolute atomic E-state index is 11.9. The summed E-state index contributed by atoms with van der Waals surface area (Å²) in [4.78, 5) is 13.1. The molecule has 0 aromatic heterocycles. The number of nitrogens with one attached hydrogen (secondary N) is 1. The van der Waals surface area contributed by atoms with Crippen molar-refractivity contribution in [2.75, 3.05) is 12.3 Å². The van der Waals surface area contributed by atoms with Gasteiger partial charge in [0.15, 0.2) is 0 Å². The highest BCUT2D eigenvalue weighted by atomic mass is 79.9. The first-order valence-electron chi connectivity index (χ1n) is 7.07. The van der Waals surface area contributed by atoms with Crippen LogP contribution in [0.2, 0.25) is 0 Å². The van der Waals surface area contributed by atoms with Crippen LogP contribution in [0.5, 0.6) is 0 Å². The molecule has 2 rings (SSSR count). The average Bonchev–Trinajstić information content (AvgIpc) is 2.88. The molecule has 20 heavy (non-hydrogen) atoms. The number of hydrogen-bond acceptors (Lipinski definition) is 3. The number of thioether (sulfide) groups is 1. The van der Waals surface area contributed by atoms with Crippen LogP contribution in [-0.2, 0) is 4.79 Å². The van der Waals surface area contributed by atoms with E-state index < -0.39 is 0 Å². The van der Waals surface area contributed by atoms with E-state index in [2.05, 4.69) is 33.4 Å². The Kier molecular flexibility index (Phi) is 6.39. The lowest BCUT2D eigenvalue weighted by Gasteiger charge is -2.19. The van der Waals surface area contributed by atoms with Crippen molar-refractivity contribution in [3.63, 3.8) is 0 Å².